The van der Waals surface area contributed by atoms with Crippen molar-refractivity contribution < 1.29 is 5.11 Å². The van der Waals surface area contributed by atoms with Gasteiger partial charge in [-0.1, -0.05) is 46.3 Å². The average molecular weight is 398 g/mol. The molecule has 0 aliphatic carbocycles. The van der Waals surface area contributed by atoms with Gasteiger partial charge in [-0.05, 0) is 41.8 Å². The number of benzene rings is 2. The fourth-order valence-electron chi connectivity index (χ4n) is 3.33. The molecule has 0 amide bonds. The molecule has 1 aliphatic heterocycles. The molecule has 23 heavy (non-hydrogen) atoms. The van der Waals surface area contributed by atoms with E-state index in [0.717, 1.165) is 29.7 Å². The first-order chi connectivity index (χ1) is 10.7. The Morgan fingerprint density at radius 3 is 2.57 bits per heavy atom. The summed E-state index contributed by atoms with van der Waals surface area (Å²) in [6.45, 7) is 3.54. The molecule has 2 atom stereocenters. The van der Waals surface area contributed by atoms with E-state index in [9.17, 15) is 5.11 Å². The van der Waals surface area contributed by atoms with Crippen molar-refractivity contribution in [2.75, 3.05) is 19.6 Å². The number of halogens is 2. The van der Waals surface area contributed by atoms with E-state index in [1.165, 1.54) is 5.56 Å². The second-order valence-corrected chi connectivity index (χ2v) is 6.84. The maximum Gasteiger partial charge on any atom is 0.115 e. The van der Waals surface area contributed by atoms with Crippen LogP contribution in [0.2, 0.25) is 0 Å². The van der Waals surface area contributed by atoms with E-state index in [4.69, 9.17) is 5.73 Å². The number of phenolic OH excluding ortho intramolecular Hbond substituents is 1. The predicted molar refractivity (Wildman–Crippen MR) is 100 cm³/mol. The summed E-state index contributed by atoms with van der Waals surface area (Å²) in [4.78, 5) is 2.43. The minimum atomic E-state index is 0. The van der Waals surface area contributed by atoms with Crippen molar-refractivity contribution in [2.24, 2.45) is 11.7 Å². The topological polar surface area (TPSA) is 49.5 Å². The van der Waals surface area contributed by atoms with Crippen molar-refractivity contribution in [3.8, 4) is 5.75 Å². The van der Waals surface area contributed by atoms with Crippen LogP contribution in [0.15, 0.2) is 53.0 Å². The third kappa shape index (κ3) is 4.27. The standard InChI is InChI=1S/C18H21BrN2O.ClH/c19-18-7-6-16(22)8-14(18)10-21-11-15(9-20)17(12-21)13-4-2-1-3-5-13;/h1-8,15,17,22H,9-12,20H2;1H/t15-,17+;/m1./s1. The van der Waals surface area contributed by atoms with E-state index in [1.54, 1.807) is 6.07 Å². The molecule has 1 heterocycles. The van der Waals surface area contributed by atoms with Crippen LogP contribution in [0, 0.1) is 5.92 Å². The Balaban J connectivity index is 0.00000192. The lowest BCUT2D eigenvalue weighted by Crippen LogP contribution is -2.23. The van der Waals surface area contributed by atoms with Crippen LogP contribution >= 0.6 is 28.3 Å². The van der Waals surface area contributed by atoms with Gasteiger partial charge in [0.2, 0.25) is 0 Å². The Kier molecular flexibility index (Phi) is 6.48. The van der Waals surface area contributed by atoms with Gasteiger partial charge in [-0.3, -0.25) is 4.90 Å². The molecule has 0 spiro atoms. The van der Waals surface area contributed by atoms with Gasteiger partial charge in [0.1, 0.15) is 5.75 Å². The quantitative estimate of drug-likeness (QED) is 0.826. The van der Waals surface area contributed by atoms with E-state index in [0.29, 0.717) is 24.1 Å². The van der Waals surface area contributed by atoms with E-state index < -0.39 is 0 Å². The highest BCUT2D eigenvalue weighted by Gasteiger charge is 2.32. The van der Waals surface area contributed by atoms with Crippen LogP contribution in [0.1, 0.15) is 17.0 Å². The molecule has 3 nitrogen and oxygen atoms in total. The number of nitrogens with zero attached hydrogens (tertiary/aromatic N) is 1. The maximum absolute atomic E-state index is 9.68. The molecular formula is C18H22BrClN2O. The van der Waals surface area contributed by atoms with Gasteiger partial charge in [0, 0.05) is 30.0 Å². The lowest BCUT2D eigenvalue weighted by atomic mass is 9.89. The molecule has 0 unspecified atom stereocenters. The van der Waals surface area contributed by atoms with Crippen molar-refractivity contribution in [1.82, 2.24) is 4.90 Å². The third-order valence-electron chi connectivity index (χ3n) is 4.47. The summed E-state index contributed by atoms with van der Waals surface area (Å²) in [5.41, 5.74) is 8.48. The van der Waals surface area contributed by atoms with Crippen molar-refractivity contribution in [3.05, 3.63) is 64.1 Å². The van der Waals surface area contributed by atoms with Crippen LogP contribution in [0.4, 0.5) is 0 Å². The summed E-state index contributed by atoms with van der Waals surface area (Å²) in [6.07, 6.45) is 0. The van der Waals surface area contributed by atoms with Gasteiger partial charge in [0.15, 0.2) is 0 Å². The number of phenols is 1. The highest BCUT2D eigenvalue weighted by atomic mass is 79.9. The lowest BCUT2D eigenvalue weighted by Gasteiger charge is -2.17. The summed E-state index contributed by atoms with van der Waals surface area (Å²) in [7, 11) is 0. The van der Waals surface area contributed by atoms with E-state index >= 15 is 0 Å². The Bertz CT molecular complexity index is 638. The molecule has 0 bridgehead atoms. The number of hydrogen-bond donors (Lipinski definition) is 2. The Morgan fingerprint density at radius 2 is 1.87 bits per heavy atom. The molecule has 2 aromatic rings. The van der Waals surface area contributed by atoms with Crippen LogP contribution in [-0.2, 0) is 6.54 Å². The molecule has 0 radical (unpaired) electrons. The van der Waals surface area contributed by atoms with Crippen LogP contribution in [-0.4, -0.2) is 29.6 Å². The fraction of sp³-hybridized carbons (Fsp3) is 0.333. The van der Waals surface area contributed by atoms with Crippen molar-refractivity contribution in [3.63, 3.8) is 0 Å². The summed E-state index contributed by atoms with van der Waals surface area (Å²) in [5.74, 6) is 1.29. The molecule has 124 valence electrons. The zero-order chi connectivity index (χ0) is 15.5. The molecule has 2 aromatic carbocycles. The van der Waals surface area contributed by atoms with E-state index in [-0.39, 0.29) is 12.4 Å². The molecule has 1 aliphatic rings. The Morgan fingerprint density at radius 1 is 1.13 bits per heavy atom. The molecule has 1 saturated heterocycles. The van der Waals surface area contributed by atoms with Gasteiger partial charge in [0.25, 0.3) is 0 Å². The van der Waals surface area contributed by atoms with E-state index in [2.05, 4.69) is 51.2 Å². The fourth-order valence-corrected chi connectivity index (χ4v) is 3.70. The number of hydrogen-bond acceptors (Lipinski definition) is 3. The zero-order valence-corrected chi connectivity index (χ0v) is 15.3. The second kappa shape index (κ2) is 8.15. The Labute approximate surface area is 152 Å². The smallest absolute Gasteiger partial charge is 0.115 e. The molecule has 3 rings (SSSR count). The van der Waals surface area contributed by atoms with Gasteiger partial charge in [-0.25, -0.2) is 0 Å². The van der Waals surface area contributed by atoms with Gasteiger partial charge in [-0.15, -0.1) is 12.4 Å². The first-order valence-electron chi connectivity index (χ1n) is 7.62. The van der Waals surface area contributed by atoms with Crippen LogP contribution in [0.25, 0.3) is 0 Å². The number of likely N-dealkylation sites (tertiary alicyclic amines) is 1. The molecule has 0 aromatic heterocycles. The first kappa shape index (κ1) is 18.3. The average Bonchev–Trinajstić information content (AvgIpc) is 2.95. The first-order valence-corrected chi connectivity index (χ1v) is 8.41. The predicted octanol–water partition coefficient (Wildman–Crippen LogP) is 3.75. The summed E-state index contributed by atoms with van der Waals surface area (Å²) in [5, 5.41) is 9.68. The number of rotatable bonds is 4. The summed E-state index contributed by atoms with van der Waals surface area (Å²) < 4.78 is 1.04. The van der Waals surface area contributed by atoms with E-state index in [1.807, 2.05) is 12.1 Å². The van der Waals surface area contributed by atoms with Gasteiger partial charge >= 0.3 is 0 Å². The maximum atomic E-state index is 9.68. The van der Waals surface area contributed by atoms with Crippen molar-refractivity contribution in [1.29, 1.82) is 0 Å². The molecular weight excluding hydrogens is 376 g/mol. The summed E-state index contributed by atoms with van der Waals surface area (Å²) in [6, 6.07) is 16.1. The third-order valence-corrected chi connectivity index (χ3v) is 5.24. The minimum Gasteiger partial charge on any atom is -0.508 e. The van der Waals surface area contributed by atoms with Gasteiger partial charge in [-0.2, -0.15) is 0 Å². The largest absolute Gasteiger partial charge is 0.508 e. The van der Waals surface area contributed by atoms with Gasteiger partial charge in [0.05, 0.1) is 0 Å². The van der Waals surface area contributed by atoms with Crippen molar-refractivity contribution in [2.45, 2.75) is 12.5 Å². The number of nitrogens with two attached hydrogens (primary N) is 1. The second-order valence-electron chi connectivity index (χ2n) is 5.98. The number of aromatic hydroxyl groups is 1. The van der Waals surface area contributed by atoms with Crippen LogP contribution in [0.3, 0.4) is 0 Å². The lowest BCUT2D eigenvalue weighted by molar-refractivity contribution is 0.315. The molecule has 5 heteroatoms. The SMILES string of the molecule is Cl.NC[C@@H]1CN(Cc2cc(O)ccc2Br)C[C@H]1c1ccccc1. The molecule has 1 fully saturated rings. The summed E-state index contributed by atoms with van der Waals surface area (Å²) >= 11 is 3.57. The highest BCUT2D eigenvalue weighted by Crippen LogP contribution is 2.34. The van der Waals surface area contributed by atoms with Crippen LogP contribution in [0.5, 0.6) is 5.75 Å². The monoisotopic (exact) mass is 396 g/mol. The molecule has 0 saturated carbocycles. The normalized spacial score (nSPS) is 21.1. The Hall–Kier alpha value is -1.07. The zero-order valence-electron chi connectivity index (χ0n) is 12.9. The van der Waals surface area contributed by atoms with Crippen LogP contribution < -0.4 is 5.73 Å². The van der Waals surface area contributed by atoms with Crippen molar-refractivity contribution >= 4 is 28.3 Å². The van der Waals surface area contributed by atoms with Gasteiger partial charge < -0.3 is 10.8 Å². The minimum absolute atomic E-state index is 0. The highest BCUT2D eigenvalue weighted by molar-refractivity contribution is 9.10. The molecule has 3 N–H and O–H groups in total.